The standard InChI is InChI=1S/C15H23F2N/c1-3-5-6-7-13(4-2)18-11-12-8-9-14(16)15(17)10-12/h8-10,13,18H,3-7,11H2,1-2H3. The molecule has 0 fully saturated rings. The Balaban J connectivity index is 2.39. The average Bonchev–Trinajstić information content (AvgIpc) is 2.37. The second-order valence-corrected chi connectivity index (χ2v) is 4.73. The monoisotopic (exact) mass is 255 g/mol. The Kier molecular flexibility index (Phi) is 6.88. The van der Waals surface area contributed by atoms with Crippen LogP contribution in [0, 0.1) is 11.6 Å². The molecule has 0 bridgehead atoms. The molecule has 0 amide bonds. The van der Waals surface area contributed by atoms with Gasteiger partial charge in [-0.15, -0.1) is 0 Å². The van der Waals surface area contributed by atoms with Crippen LogP contribution in [0.2, 0.25) is 0 Å². The van der Waals surface area contributed by atoms with Crippen molar-refractivity contribution in [1.29, 1.82) is 0 Å². The second-order valence-electron chi connectivity index (χ2n) is 4.73. The largest absolute Gasteiger partial charge is 0.310 e. The van der Waals surface area contributed by atoms with Crippen molar-refractivity contribution in [2.75, 3.05) is 0 Å². The smallest absolute Gasteiger partial charge is 0.159 e. The molecule has 0 spiro atoms. The summed E-state index contributed by atoms with van der Waals surface area (Å²) >= 11 is 0. The van der Waals surface area contributed by atoms with Crippen LogP contribution >= 0.6 is 0 Å². The Morgan fingerprint density at radius 3 is 2.50 bits per heavy atom. The molecule has 0 heterocycles. The Morgan fingerprint density at radius 1 is 1.11 bits per heavy atom. The zero-order valence-electron chi connectivity index (χ0n) is 11.3. The van der Waals surface area contributed by atoms with E-state index < -0.39 is 11.6 Å². The predicted octanol–water partition coefficient (Wildman–Crippen LogP) is 4.41. The summed E-state index contributed by atoms with van der Waals surface area (Å²) in [4.78, 5) is 0. The van der Waals surface area contributed by atoms with Gasteiger partial charge in [0.2, 0.25) is 0 Å². The van der Waals surface area contributed by atoms with Gasteiger partial charge in [0, 0.05) is 12.6 Å². The molecule has 1 unspecified atom stereocenters. The van der Waals surface area contributed by atoms with E-state index in [1.165, 1.54) is 31.4 Å². The fraction of sp³-hybridized carbons (Fsp3) is 0.600. The molecule has 1 N–H and O–H groups in total. The van der Waals surface area contributed by atoms with Crippen LogP contribution in [0.5, 0.6) is 0 Å². The van der Waals surface area contributed by atoms with Gasteiger partial charge in [-0.25, -0.2) is 8.78 Å². The first kappa shape index (κ1) is 15.1. The molecule has 1 aromatic carbocycles. The predicted molar refractivity (Wildman–Crippen MR) is 71.4 cm³/mol. The number of unbranched alkanes of at least 4 members (excludes halogenated alkanes) is 2. The summed E-state index contributed by atoms with van der Waals surface area (Å²) in [5, 5.41) is 3.40. The minimum Gasteiger partial charge on any atom is -0.310 e. The van der Waals surface area contributed by atoms with Crippen molar-refractivity contribution in [3.05, 3.63) is 35.4 Å². The van der Waals surface area contributed by atoms with Gasteiger partial charge in [0.05, 0.1) is 0 Å². The number of hydrogen-bond donors (Lipinski definition) is 1. The van der Waals surface area contributed by atoms with Crippen LogP contribution < -0.4 is 5.32 Å². The first-order valence-electron chi connectivity index (χ1n) is 6.84. The third kappa shape index (κ3) is 5.13. The highest BCUT2D eigenvalue weighted by Gasteiger charge is 2.07. The lowest BCUT2D eigenvalue weighted by Crippen LogP contribution is -2.27. The molecular weight excluding hydrogens is 232 g/mol. The van der Waals surface area contributed by atoms with Crippen molar-refractivity contribution < 1.29 is 8.78 Å². The molecule has 0 radical (unpaired) electrons. The van der Waals surface area contributed by atoms with Gasteiger partial charge in [0.15, 0.2) is 11.6 Å². The maximum atomic E-state index is 13.0. The van der Waals surface area contributed by atoms with Crippen molar-refractivity contribution in [3.63, 3.8) is 0 Å². The summed E-state index contributed by atoms with van der Waals surface area (Å²) in [6, 6.07) is 4.54. The summed E-state index contributed by atoms with van der Waals surface area (Å²) in [6.07, 6.45) is 5.91. The van der Waals surface area contributed by atoms with Crippen LogP contribution in [-0.4, -0.2) is 6.04 Å². The van der Waals surface area contributed by atoms with E-state index in [4.69, 9.17) is 0 Å². The molecule has 0 aliphatic rings. The summed E-state index contributed by atoms with van der Waals surface area (Å²) < 4.78 is 25.8. The van der Waals surface area contributed by atoms with Crippen LogP contribution in [0.3, 0.4) is 0 Å². The first-order valence-corrected chi connectivity index (χ1v) is 6.84. The molecule has 1 atom stereocenters. The lowest BCUT2D eigenvalue weighted by atomic mass is 10.1. The number of benzene rings is 1. The van der Waals surface area contributed by atoms with E-state index in [9.17, 15) is 8.78 Å². The van der Waals surface area contributed by atoms with Crippen LogP contribution in [0.25, 0.3) is 0 Å². The lowest BCUT2D eigenvalue weighted by Gasteiger charge is -2.16. The van der Waals surface area contributed by atoms with E-state index in [1.54, 1.807) is 6.07 Å². The number of nitrogens with one attached hydrogen (secondary N) is 1. The van der Waals surface area contributed by atoms with E-state index >= 15 is 0 Å². The highest BCUT2D eigenvalue weighted by atomic mass is 19.2. The molecule has 1 aromatic rings. The van der Waals surface area contributed by atoms with Gasteiger partial charge < -0.3 is 5.32 Å². The van der Waals surface area contributed by atoms with Crippen LogP contribution in [0.4, 0.5) is 8.78 Å². The molecule has 1 nitrogen and oxygen atoms in total. The van der Waals surface area contributed by atoms with Crippen LogP contribution in [-0.2, 0) is 6.54 Å². The van der Waals surface area contributed by atoms with Crippen LogP contribution in [0.1, 0.15) is 51.5 Å². The quantitative estimate of drug-likeness (QED) is 0.678. The van der Waals surface area contributed by atoms with Crippen molar-refractivity contribution in [2.45, 2.75) is 58.5 Å². The number of hydrogen-bond acceptors (Lipinski definition) is 1. The zero-order chi connectivity index (χ0) is 13.4. The van der Waals surface area contributed by atoms with Gasteiger partial charge in [0.25, 0.3) is 0 Å². The highest BCUT2D eigenvalue weighted by molar-refractivity contribution is 5.17. The summed E-state index contributed by atoms with van der Waals surface area (Å²) in [5.74, 6) is -1.55. The maximum Gasteiger partial charge on any atom is 0.159 e. The fourth-order valence-electron chi connectivity index (χ4n) is 2.00. The number of rotatable bonds is 8. The summed E-state index contributed by atoms with van der Waals surface area (Å²) in [6.45, 7) is 4.94. The van der Waals surface area contributed by atoms with Gasteiger partial charge >= 0.3 is 0 Å². The van der Waals surface area contributed by atoms with E-state index in [1.807, 2.05) is 0 Å². The van der Waals surface area contributed by atoms with Gasteiger partial charge in [0.1, 0.15) is 0 Å². The van der Waals surface area contributed by atoms with E-state index in [-0.39, 0.29) is 0 Å². The molecule has 0 aliphatic carbocycles. The molecule has 0 aliphatic heterocycles. The molecule has 0 saturated heterocycles. The summed E-state index contributed by atoms with van der Waals surface area (Å²) in [7, 11) is 0. The van der Waals surface area contributed by atoms with Gasteiger partial charge in [-0.3, -0.25) is 0 Å². The third-order valence-corrected chi connectivity index (χ3v) is 3.23. The highest BCUT2D eigenvalue weighted by Crippen LogP contribution is 2.10. The molecule has 0 saturated carbocycles. The van der Waals surface area contributed by atoms with Gasteiger partial charge in [-0.1, -0.05) is 39.2 Å². The fourth-order valence-corrected chi connectivity index (χ4v) is 2.00. The summed E-state index contributed by atoms with van der Waals surface area (Å²) in [5.41, 5.74) is 0.794. The number of halogens is 2. The van der Waals surface area contributed by atoms with E-state index in [2.05, 4.69) is 19.2 Å². The topological polar surface area (TPSA) is 12.0 Å². The lowest BCUT2D eigenvalue weighted by molar-refractivity contribution is 0.444. The molecular formula is C15H23F2N. The average molecular weight is 255 g/mol. The van der Waals surface area contributed by atoms with Crippen molar-refractivity contribution in [1.82, 2.24) is 5.32 Å². The van der Waals surface area contributed by atoms with E-state index in [0.717, 1.165) is 18.4 Å². The Hall–Kier alpha value is -0.960. The second kappa shape index (κ2) is 8.20. The van der Waals surface area contributed by atoms with Gasteiger partial charge in [-0.2, -0.15) is 0 Å². The molecule has 0 aromatic heterocycles. The minimum atomic E-state index is -0.784. The van der Waals surface area contributed by atoms with E-state index in [0.29, 0.717) is 12.6 Å². The third-order valence-electron chi connectivity index (χ3n) is 3.23. The Bertz CT molecular complexity index is 352. The normalized spacial score (nSPS) is 12.7. The Morgan fingerprint density at radius 2 is 1.89 bits per heavy atom. The van der Waals surface area contributed by atoms with Crippen molar-refractivity contribution in [2.24, 2.45) is 0 Å². The van der Waals surface area contributed by atoms with Crippen molar-refractivity contribution in [3.8, 4) is 0 Å². The van der Waals surface area contributed by atoms with Gasteiger partial charge in [-0.05, 0) is 30.5 Å². The molecule has 3 heteroatoms. The first-order chi connectivity index (χ1) is 8.67. The SMILES string of the molecule is CCCCCC(CC)NCc1ccc(F)c(F)c1. The molecule has 102 valence electrons. The minimum absolute atomic E-state index is 0.463. The van der Waals surface area contributed by atoms with Crippen molar-refractivity contribution >= 4 is 0 Å². The Labute approximate surface area is 109 Å². The maximum absolute atomic E-state index is 13.0. The zero-order valence-corrected chi connectivity index (χ0v) is 11.3. The van der Waals surface area contributed by atoms with Crippen LogP contribution in [0.15, 0.2) is 18.2 Å². The molecule has 1 rings (SSSR count). The molecule has 18 heavy (non-hydrogen) atoms.